The molecule has 6 amide bonds. The maximum absolute atomic E-state index is 13.9. The van der Waals surface area contributed by atoms with E-state index < -0.39 is 133 Å². The molecule has 1 saturated heterocycles. The predicted octanol–water partition coefficient (Wildman–Crippen LogP) is 0.640. The minimum atomic E-state index is -6.21. The molecule has 22 heteroatoms. The summed E-state index contributed by atoms with van der Waals surface area (Å²) in [5, 5.41) is 29.5. The Morgan fingerprint density at radius 2 is 1.24 bits per heavy atom. The number of hydrogen-bond acceptors (Lipinski definition) is 9. The zero-order valence-electron chi connectivity index (χ0n) is 31.2. The van der Waals surface area contributed by atoms with Gasteiger partial charge in [-0.25, -0.2) is 0 Å². The van der Waals surface area contributed by atoms with Crippen LogP contribution in [0.5, 0.6) is 0 Å². The summed E-state index contributed by atoms with van der Waals surface area (Å²) in [4.78, 5) is 115. The van der Waals surface area contributed by atoms with Crippen LogP contribution in [-0.4, -0.2) is 123 Å². The number of hydrogen-bond donors (Lipinski definition) is 7. The molecule has 7 N–H and O–H groups in total. The summed E-state index contributed by atoms with van der Waals surface area (Å²) in [6, 6.07) is -10.1. The third kappa shape index (κ3) is 13.7. The van der Waals surface area contributed by atoms with Gasteiger partial charge in [0.05, 0.1) is 18.9 Å². The van der Waals surface area contributed by atoms with Gasteiger partial charge in [0.25, 0.3) is 0 Å². The number of Topliss-reactive ketones (excluding diaryl/α,β-unsaturated/α-hetero) is 1. The lowest BCUT2D eigenvalue weighted by Gasteiger charge is -2.33. The molecular formula is C33H49F5N6O11. The Morgan fingerprint density at radius 1 is 0.727 bits per heavy atom. The largest absolute Gasteiger partial charge is 0.481 e. The van der Waals surface area contributed by atoms with Crippen molar-refractivity contribution in [1.29, 1.82) is 0 Å². The number of halogens is 5. The number of carbonyl (C=O) groups is 9. The van der Waals surface area contributed by atoms with Gasteiger partial charge in [-0.2, -0.15) is 22.0 Å². The number of carboxylic acid groups (broad SMARTS) is 2. The van der Waals surface area contributed by atoms with Gasteiger partial charge in [0, 0.05) is 13.5 Å². The number of ketones is 1. The van der Waals surface area contributed by atoms with E-state index in [-0.39, 0.29) is 32.2 Å². The number of aliphatic carboxylic acids is 2. The fourth-order valence-electron chi connectivity index (χ4n) is 5.66. The van der Waals surface area contributed by atoms with Crippen molar-refractivity contribution in [3.63, 3.8) is 0 Å². The predicted molar refractivity (Wildman–Crippen MR) is 180 cm³/mol. The number of amides is 6. The molecule has 0 bridgehead atoms. The standard InChI is InChI=1S/C33H49F5N6O11/c1-7-10-18(26(50)32(34,35)33(36,37)38)40-29(53)21-11-9-12-44(21)31(55)24(15(3)4)42-30(54)25(16(5)8-2)43-28(52)20(14-23(48)49)41-27(51)19(13-22(46)47)39-17(6)45/h15-16,18-21,24-25H,7-14H2,1-6H3,(H,39,45)(H,40,53)(H,41,51)(H,42,54)(H,43,52)(H,46,47)(H,48,49)/t16-,18-,19-,20-,21?,24-,25-/m0/s1. The van der Waals surface area contributed by atoms with E-state index in [1.807, 2.05) is 5.32 Å². The zero-order chi connectivity index (χ0) is 42.6. The molecule has 1 aliphatic heterocycles. The van der Waals surface area contributed by atoms with Crippen LogP contribution in [0.2, 0.25) is 0 Å². The third-order valence-corrected chi connectivity index (χ3v) is 8.82. The highest BCUT2D eigenvalue weighted by Gasteiger charge is 2.64. The van der Waals surface area contributed by atoms with Crippen LogP contribution in [0.4, 0.5) is 22.0 Å². The Labute approximate surface area is 313 Å². The SMILES string of the molecule is CCC[C@H](NC(=O)C1CCCN1C(=O)[C@@H](NC(=O)[C@@H](NC(=O)[C@H](CC(=O)O)NC(=O)[C@H](CC(=O)O)NC(C)=O)[C@@H](C)CC)C(C)C)C(=O)C(F)(F)C(F)(F)F. The first-order valence-corrected chi connectivity index (χ1v) is 17.5. The molecule has 7 atom stereocenters. The summed E-state index contributed by atoms with van der Waals surface area (Å²) in [7, 11) is 0. The van der Waals surface area contributed by atoms with Crippen molar-refractivity contribution in [2.45, 2.75) is 135 Å². The number of rotatable bonds is 21. The number of nitrogens with one attached hydrogen (secondary N) is 5. The van der Waals surface area contributed by atoms with Gasteiger partial charge in [0.1, 0.15) is 30.2 Å². The summed E-state index contributed by atoms with van der Waals surface area (Å²) in [5.74, 6) is -19.0. The second-order valence-corrected chi connectivity index (χ2v) is 13.6. The monoisotopic (exact) mass is 800 g/mol. The average molecular weight is 801 g/mol. The van der Waals surface area contributed by atoms with Gasteiger partial charge in [-0.3, -0.25) is 43.2 Å². The van der Waals surface area contributed by atoms with Crippen LogP contribution in [0, 0.1) is 11.8 Å². The molecule has 1 fully saturated rings. The molecule has 1 aliphatic rings. The minimum Gasteiger partial charge on any atom is -0.481 e. The molecule has 0 aromatic heterocycles. The minimum absolute atomic E-state index is 0.0565. The Bertz CT molecular complexity index is 1450. The number of alkyl halides is 5. The lowest BCUT2D eigenvalue weighted by Crippen LogP contribution is -2.62. The topological polar surface area (TPSA) is 257 Å². The second kappa shape index (κ2) is 20.7. The van der Waals surface area contributed by atoms with Gasteiger partial charge < -0.3 is 41.7 Å². The van der Waals surface area contributed by atoms with E-state index in [9.17, 15) is 70.2 Å². The van der Waals surface area contributed by atoms with Gasteiger partial charge in [-0.05, 0) is 31.1 Å². The quantitative estimate of drug-likeness (QED) is 0.0793. The lowest BCUT2D eigenvalue weighted by atomic mass is 9.95. The molecule has 0 radical (unpaired) electrons. The van der Waals surface area contributed by atoms with E-state index in [0.717, 1.165) is 11.8 Å². The molecule has 55 heavy (non-hydrogen) atoms. The van der Waals surface area contributed by atoms with Crippen LogP contribution in [0.3, 0.4) is 0 Å². The third-order valence-electron chi connectivity index (χ3n) is 8.82. The molecule has 1 unspecified atom stereocenters. The molecule has 1 heterocycles. The van der Waals surface area contributed by atoms with Gasteiger partial charge in [0.2, 0.25) is 41.2 Å². The molecule has 312 valence electrons. The highest BCUT2D eigenvalue weighted by atomic mass is 19.4. The van der Waals surface area contributed by atoms with E-state index in [1.54, 1.807) is 6.92 Å². The summed E-state index contributed by atoms with van der Waals surface area (Å²) in [6.07, 6.45) is -8.41. The maximum atomic E-state index is 13.9. The summed E-state index contributed by atoms with van der Waals surface area (Å²) in [6.45, 7) is 8.48. The molecule has 17 nitrogen and oxygen atoms in total. The Hall–Kier alpha value is -4.92. The number of nitrogens with zero attached hydrogens (tertiary/aromatic N) is 1. The van der Waals surface area contributed by atoms with Gasteiger partial charge in [-0.15, -0.1) is 0 Å². The zero-order valence-corrected chi connectivity index (χ0v) is 31.2. The van der Waals surface area contributed by atoms with Crippen molar-refractivity contribution >= 4 is 53.2 Å². The second-order valence-electron chi connectivity index (χ2n) is 13.6. The van der Waals surface area contributed by atoms with E-state index >= 15 is 0 Å². The van der Waals surface area contributed by atoms with Crippen molar-refractivity contribution in [2.75, 3.05) is 6.54 Å². The number of carbonyl (C=O) groups excluding carboxylic acids is 7. The van der Waals surface area contributed by atoms with Crippen LogP contribution >= 0.6 is 0 Å². The van der Waals surface area contributed by atoms with Crippen LogP contribution < -0.4 is 26.6 Å². The van der Waals surface area contributed by atoms with Gasteiger partial charge in [0.15, 0.2) is 0 Å². The van der Waals surface area contributed by atoms with Crippen LogP contribution in [0.15, 0.2) is 0 Å². The van der Waals surface area contributed by atoms with E-state index in [2.05, 4.69) is 21.3 Å². The Kier molecular flexibility index (Phi) is 18.1. The molecule has 0 aromatic rings. The fraction of sp³-hybridized carbons (Fsp3) is 0.727. The van der Waals surface area contributed by atoms with Crippen molar-refractivity contribution in [3.05, 3.63) is 0 Å². The Balaban J connectivity index is 3.31. The normalized spacial score (nSPS) is 17.8. The molecule has 0 aliphatic carbocycles. The first-order chi connectivity index (χ1) is 25.3. The molecule has 0 spiro atoms. The average Bonchev–Trinajstić information content (AvgIpc) is 3.56. The van der Waals surface area contributed by atoms with Crippen molar-refractivity contribution in [2.24, 2.45) is 11.8 Å². The summed E-state index contributed by atoms with van der Waals surface area (Å²) >= 11 is 0. The lowest BCUT2D eigenvalue weighted by molar-refractivity contribution is -0.269. The molecule has 0 aromatic carbocycles. The smallest absolute Gasteiger partial charge is 0.461 e. The van der Waals surface area contributed by atoms with Crippen LogP contribution in [-0.2, 0) is 43.2 Å². The highest BCUT2D eigenvalue weighted by Crippen LogP contribution is 2.37. The first-order valence-electron chi connectivity index (χ1n) is 17.5. The summed E-state index contributed by atoms with van der Waals surface area (Å²) < 4.78 is 66.6. The fourth-order valence-corrected chi connectivity index (χ4v) is 5.66. The Morgan fingerprint density at radius 3 is 1.69 bits per heavy atom. The van der Waals surface area contributed by atoms with Gasteiger partial charge >= 0.3 is 24.0 Å². The number of carboxylic acids is 2. The maximum Gasteiger partial charge on any atom is 0.461 e. The number of likely N-dealkylation sites (tertiary alicyclic amines) is 1. The van der Waals surface area contributed by atoms with Crippen molar-refractivity contribution in [1.82, 2.24) is 31.5 Å². The first kappa shape index (κ1) is 48.1. The summed E-state index contributed by atoms with van der Waals surface area (Å²) in [5.41, 5.74) is 0. The van der Waals surface area contributed by atoms with E-state index in [4.69, 9.17) is 5.11 Å². The van der Waals surface area contributed by atoms with E-state index in [0.29, 0.717) is 0 Å². The van der Waals surface area contributed by atoms with Crippen LogP contribution in [0.1, 0.15) is 86.5 Å². The van der Waals surface area contributed by atoms with Gasteiger partial charge in [-0.1, -0.05) is 47.5 Å². The molecule has 1 rings (SSSR count). The highest BCUT2D eigenvalue weighted by molar-refractivity contribution is 5.99. The van der Waals surface area contributed by atoms with E-state index in [1.165, 1.54) is 27.7 Å². The molecular weight excluding hydrogens is 751 g/mol. The van der Waals surface area contributed by atoms with Crippen LogP contribution in [0.25, 0.3) is 0 Å². The molecule has 0 saturated carbocycles. The van der Waals surface area contributed by atoms with Crippen molar-refractivity contribution in [3.8, 4) is 0 Å². The van der Waals surface area contributed by atoms with Crippen molar-refractivity contribution < 1.29 is 75.3 Å².